The molecule has 0 aliphatic carbocycles. The molecule has 1 N–H and O–H groups in total. The maximum Gasteiger partial charge on any atom is 0.273 e. The van der Waals surface area contributed by atoms with Crippen molar-refractivity contribution in [2.24, 2.45) is 0 Å². The topological polar surface area (TPSA) is 74.9 Å². The largest absolute Gasteiger partial charge is 0.321 e. The molecule has 1 aromatic heterocycles. The molecule has 0 radical (unpaired) electrons. The summed E-state index contributed by atoms with van der Waals surface area (Å²) in [5, 5.41) is 13.2. The molecule has 0 fully saturated rings. The van der Waals surface area contributed by atoms with Crippen LogP contribution in [-0.4, -0.2) is 10.5 Å². The minimum atomic E-state index is -0.583. The van der Waals surface area contributed by atoms with E-state index < -0.39 is 5.91 Å². The van der Waals surface area contributed by atoms with E-state index in [9.17, 15) is 14.9 Å². The third kappa shape index (κ3) is 5.27. The maximum atomic E-state index is 13.5. The fourth-order valence-electron chi connectivity index (χ4n) is 3.54. The van der Waals surface area contributed by atoms with Gasteiger partial charge in [0.2, 0.25) is 0 Å². The van der Waals surface area contributed by atoms with E-state index in [0.717, 1.165) is 16.9 Å². The van der Waals surface area contributed by atoms with Gasteiger partial charge in [-0.3, -0.25) is 14.2 Å². The van der Waals surface area contributed by atoms with Gasteiger partial charge in [0.15, 0.2) is 5.57 Å². The van der Waals surface area contributed by atoms with Crippen LogP contribution < -0.4 is 20.1 Å². The Balaban J connectivity index is 1.89. The number of halogens is 1. The van der Waals surface area contributed by atoms with Crippen LogP contribution in [0.5, 0.6) is 0 Å². The summed E-state index contributed by atoms with van der Waals surface area (Å²) in [6.45, 7) is 4.18. The second-order valence-electron chi connectivity index (χ2n) is 8.13. The number of carbonyl (C=O) groups is 1. The van der Waals surface area contributed by atoms with Gasteiger partial charge in [0, 0.05) is 10.7 Å². The van der Waals surface area contributed by atoms with E-state index in [1.54, 1.807) is 60.7 Å². The first-order valence-corrected chi connectivity index (χ1v) is 12.2. The summed E-state index contributed by atoms with van der Waals surface area (Å²) in [5.74, 6) is -0.222. The molecule has 174 valence electrons. The number of benzene rings is 3. The zero-order valence-electron chi connectivity index (χ0n) is 19.2. The van der Waals surface area contributed by atoms with Gasteiger partial charge < -0.3 is 5.32 Å². The molecule has 7 heteroatoms. The van der Waals surface area contributed by atoms with Gasteiger partial charge in [-0.2, -0.15) is 5.26 Å². The molecule has 5 nitrogen and oxygen atoms in total. The van der Waals surface area contributed by atoms with Crippen LogP contribution in [0.15, 0.2) is 83.7 Å². The van der Waals surface area contributed by atoms with Crippen molar-refractivity contribution in [3.8, 4) is 11.8 Å². The fraction of sp³-hybridized carbons (Fsp3) is 0.107. The normalized spacial score (nSPS) is 12.4. The van der Waals surface area contributed by atoms with Gasteiger partial charge in [-0.1, -0.05) is 74.0 Å². The summed E-state index contributed by atoms with van der Waals surface area (Å²) in [6.07, 6.45) is 1.68. The highest BCUT2D eigenvalue weighted by Gasteiger charge is 2.17. The average Bonchev–Trinajstić information content (AvgIpc) is 3.17. The molecule has 4 rings (SSSR count). The molecule has 3 aromatic carbocycles. The molecule has 4 aromatic rings. The SMILES string of the molecule is CC(C)c1ccc(NC(=O)/C(C#N)=c2/s/c(=C/c3ccccc3Cl)c(=O)n2-c2ccccc2)cc1. The third-order valence-electron chi connectivity index (χ3n) is 5.42. The highest BCUT2D eigenvalue weighted by molar-refractivity contribution is 7.07. The van der Waals surface area contributed by atoms with Crippen molar-refractivity contribution in [1.82, 2.24) is 4.57 Å². The predicted molar refractivity (Wildman–Crippen MR) is 142 cm³/mol. The van der Waals surface area contributed by atoms with E-state index in [0.29, 0.717) is 32.4 Å². The van der Waals surface area contributed by atoms with Gasteiger partial charge in [-0.05, 0) is 53.5 Å². The molecule has 0 aliphatic rings. The number of amides is 1. The number of para-hydroxylation sites is 1. The van der Waals surface area contributed by atoms with Gasteiger partial charge in [0.05, 0.1) is 10.2 Å². The first-order chi connectivity index (χ1) is 16.9. The van der Waals surface area contributed by atoms with Crippen molar-refractivity contribution >= 4 is 46.2 Å². The molecule has 1 amide bonds. The summed E-state index contributed by atoms with van der Waals surface area (Å²) in [7, 11) is 0. The molecule has 0 atom stereocenters. The number of hydrogen-bond donors (Lipinski definition) is 1. The number of anilines is 1. The molecule has 0 saturated carbocycles. The van der Waals surface area contributed by atoms with E-state index in [4.69, 9.17) is 11.6 Å². The molecule has 0 bridgehead atoms. The van der Waals surface area contributed by atoms with Crippen molar-refractivity contribution in [3.63, 3.8) is 0 Å². The molecule has 0 spiro atoms. The monoisotopic (exact) mass is 499 g/mol. The Hall–Kier alpha value is -3.92. The smallest absolute Gasteiger partial charge is 0.273 e. The second-order valence-corrected chi connectivity index (χ2v) is 9.57. The average molecular weight is 500 g/mol. The lowest BCUT2D eigenvalue weighted by Crippen LogP contribution is -2.32. The van der Waals surface area contributed by atoms with E-state index >= 15 is 0 Å². The quantitative estimate of drug-likeness (QED) is 0.428. The van der Waals surface area contributed by atoms with Crippen LogP contribution in [0, 0.1) is 11.3 Å². The van der Waals surface area contributed by atoms with Crippen LogP contribution in [-0.2, 0) is 4.79 Å². The Morgan fingerprint density at radius 2 is 1.69 bits per heavy atom. The fourth-order valence-corrected chi connectivity index (χ4v) is 4.82. The maximum absolute atomic E-state index is 13.5. The van der Waals surface area contributed by atoms with Crippen LogP contribution in [0.4, 0.5) is 5.69 Å². The molecule has 0 unspecified atom stereocenters. The predicted octanol–water partition coefficient (Wildman–Crippen LogP) is 4.82. The standard InChI is InChI=1S/C28H22ClN3O2S/c1-18(2)19-12-14-21(15-13-19)31-26(33)23(17-30)28-32(22-9-4-3-5-10-22)27(34)25(35-28)16-20-8-6-7-11-24(20)29/h3-16,18H,1-2H3,(H,31,33)/b25-16+,28-23+. The second kappa shape index (κ2) is 10.6. The van der Waals surface area contributed by atoms with Crippen molar-refractivity contribution in [2.45, 2.75) is 19.8 Å². The van der Waals surface area contributed by atoms with Crippen LogP contribution in [0.3, 0.4) is 0 Å². The highest BCUT2D eigenvalue weighted by Crippen LogP contribution is 2.18. The van der Waals surface area contributed by atoms with Gasteiger partial charge >= 0.3 is 0 Å². The zero-order valence-corrected chi connectivity index (χ0v) is 20.7. The van der Waals surface area contributed by atoms with Crippen molar-refractivity contribution < 1.29 is 4.79 Å². The Morgan fingerprint density at radius 3 is 2.31 bits per heavy atom. The summed E-state index contributed by atoms with van der Waals surface area (Å²) in [6, 6.07) is 25.6. The number of aromatic nitrogens is 1. The van der Waals surface area contributed by atoms with Crippen LogP contribution >= 0.6 is 22.9 Å². The summed E-state index contributed by atoms with van der Waals surface area (Å²) in [4.78, 5) is 26.6. The van der Waals surface area contributed by atoms with Crippen molar-refractivity contribution in [2.75, 3.05) is 5.32 Å². The molecule has 1 heterocycles. The Bertz CT molecular complexity index is 1600. The number of nitriles is 1. The van der Waals surface area contributed by atoms with Gasteiger partial charge in [0.25, 0.3) is 11.5 Å². The number of thiazole rings is 1. The molecular formula is C28H22ClN3O2S. The van der Waals surface area contributed by atoms with Gasteiger partial charge in [-0.25, -0.2) is 0 Å². The van der Waals surface area contributed by atoms with Gasteiger partial charge in [-0.15, -0.1) is 11.3 Å². The summed E-state index contributed by atoms with van der Waals surface area (Å²) >= 11 is 7.37. The van der Waals surface area contributed by atoms with Crippen molar-refractivity contribution in [3.05, 3.63) is 115 Å². The van der Waals surface area contributed by atoms with Crippen molar-refractivity contribution in [1.29, 1.82) is 5.26 Å². The van der Waals surface area contributed by atoms with E-state index in [1.807, 2.05) is 30.3 Å². The molecule has 0 saturated heterocycles. The number of rotatable bonds is 5. The van der Waals surface area contributed by atoms with Gasteiger partial charge in [0.1, 0.15) is 10.7 Å². The first-order valence-electron chi connectivity index (χ1n) is 11.0. The number of nitrogens with one attached hydrogen (secondary N) is 1. The highest BCUT2D eigenvalue weighted by atomic mass is 35.5. The minimum Gasteiger partial charge on any atom is -0.321 e. The number of carbonyl (C=O) groups excluding carboxylic acids is 1. The third-order valence-corrected chi connectivity index (χ3v) is 6.85. The lowest BCUT2D eigenvalue weighted by molar-refractivity contribution is -0.111. The van der Waals surface area contributed by atoms with Crippen LogP contribution in [0.25, 0.3) is 17.3 Å². The lowest BCUT2D eigenvalue weighted by Gasteiger charge is -2.08. The summed E-state index contributed by atoms with van der Waals surface area (Å²) < 4.78 is 2.00. The van der Waals surface area contributed by atoms with Crippen LogP contribution in [0.2, 0.25) is 5.02 Å². The lowest BCUT2D eigenvalue weighted by atomic mass is 10.0. The molecular weight excluding hydrogens is 478 g/mol. The molecule has 35 heavy (non-hydrogen) atoms. The number of nitrogens with zero attached hydrogens (tertiary/aromatic N) is 2. The van der Waals surface area contributed by atoms with Crippen LogP contribution in [0.1, 0.15) is 30.9 Å². The first kappa shape index (κ1) is 24.2. The van der Waals surface area contributed by atoms with E-state index in [-0.39, 0.29) is 15.8 Å². The Labute approximate surface area is 211 Å². The Kier molecular flexibility index (Phi) is 7.31. The minimum absolute atomic E-state index is 0.150. The summed E-state index contributed by atoms with van der Waals surface area (Å²) in [5.41, 5.74) is 2.46. The van der Waals surface area contributed by atoms with E-state index in [2.05, 4.69) is 19.2 Å². The number of hydrogen-bond acceptors (Lipinski definition) is 4. The Morgan fingerprint density at radius 1 is 1.03 bits per heavy atom. The zero-order chi connectivity index (χ0) is 24.9. The molecule has 0 aliphatic heterocycles. The van der Waals surface area contributed by atoms with E-state index in [1.165, 1.54) is 4.57 Å².